The maximum absolute atomic E-state index is 2.74. The number of rotatable bonds is 10. The predicted molar refractivity (Wildman–Crippen MR) is 306 cm³/mol. The highest BCUT2D eigenvalue weighted by Gasteiger charge is 2.41. The van der Waals surface area contributed by atoms with Crippen molar-refractivity contribution in [3.8, 4) is 27.9 Å². The summed E-state index contributed by atoms with van der Waals surface area (Å²) in [5, 5.41) is 10.5. The molecular weight excluding hydrogens is 873 g/mol. The molecule has 12 rings (SSSR count). The molecule has 1 heterocycles. The number of hydrogen-bond donors (Lipinski definition) is 0. The van der Waals surface area contributed by atoms with E-state index in [0.717, 1.165) is 28.3 Å². The molecule has 0 spiro atoms. The molecule has 0 fully saturated rings. The molecule has 0 saturated heterocycles. The van der Waals surface area contributed by atoms with Crippen molar-refractivity contribution >= 4 is 78.5 Å². The molecule has 0 aliphatic carbocycles. The standard InChI is InChI=1S/C68H54N2Si/c1-68(2,3)64-47-46-59(61-32-16-17-33-62(61)64)49-38-40-52(41-39-49)69(53-42-44-58(45-43-53)71(55-26-10-5-11-27-55,56-28-12-6-13-29-56)57-30-14-7-15-31-57)54-25-20-22-50(48-54)60-35-21-37-66-67(60)63-34-18-19-36-65(63)70(66)51-23-8-4-9-24-51/h4-48H,1-3H3. The zero-order valence-corrected chi connectivity index (χ0v) is 41.4. The summed E-state index contributed by atoms with van der Waals surface area (Å²) in [6, 6.07) is 101. The molecule has 0 saturated carbocycles. The van der Waals surface area contributed by atoms with Crippen molar-refractivity contribution in [1.82, 2.24) is 4.57 Å². The first-order chi connectivity index (χ1) is 34.9. The van der Waals surface area contributed by atoms with Crippen LogP contribution in [0.4, 0.5) is 17.1 Å². The van der Waals surface area contributed by atoms with Gasteiger partial charge in [-0.25, -0.2) is 0 Å². The van der Waals surface area contributed by atoms with Crippen LogP contribution in [-0.2, 0) is 5.41 Å². The molecule has 0 amide bonds. The summed E-state index contributed by atoms with van der Waals surface area (Å²) < 4.78 is 2.40. The van der Waals surface area contributed by atoms with Crippen molar-refractivity contribution < 1.29 is 0 Å². The zero-order chi connectivity index (χ0) is 47.9. The van der Waals surface area contributed by atoms with Gasteiger partial charge in [0.15, 0.2) is 8.07 Å². The minimum atomic E-state index is -2.74. The molecule has 340 valence electrons. The Labute approximate surface area is 418 Å². The van der Waals surface area contributed by atoms with Gasteiger partial charge >= 0.3 is 0 Å². The molecule has 3 heteroatoms. The van der Waals surface area contributed by atoms with Crippen LogP contribution < -0.4 is 25.6 Å². The van der Waals surface area contributed by atoms with E-state index in [2.05, 4.69) is 303 Å². The van der Waals surface area contributed by atoms with Gasteiger partial charge in [-0.3, -0.25) is 0 Å². The lowest BCUT2D eigenvalue weighted by Crippen LogP contribution is -2.74. The van der Waals surface area contributed by atoms with Gasteiger partial charge in [0.25, 0.3) is 0 Å². The van der Waals surface area contributed by atoms with E-state index in [1.807, 2.05) is 0 Å². The van der Waals surface area contributed by atoms with E-state index in [-0.39, 0.29) is 5.41 Å². The molecule has 0 aliphatic heterocycles. The normalized spacial score (nSPS) is 11.9. The minimum absolute atomic E-state index is 0.0303. The van der Waals surface area contributed by atoms with Crippen LogP contribution in [0, 0.1) is 0 Å². The molecule has 0 unspecified atom stereocenters. The third-order valence-electron chi connectivity index (χ3n) is 14.5. The lowest BCUT2D eigenvalue weighted by atomic mass is 9.82. The summed E-state index contributed by atoms with van der Waals surface area (Å²) in [4.78, 5) is 2.43. The molecule has 0 bridgehead atoms. The Hall–Kier alpha value is -8.50. The van der Waals surface area contributed by atoms with Crippen LogP contribution >= 0.6 is 0 Å². The van der Waals surface area contributed by atoms with Crippen molar-refractivity contribution in [2.75, 3.05) is 4.90 Å². The average molecular weight is 927 g/mol. The molecular formula is C68H54N2Si. The van der Waals surface area contributed by atoms with E-state index in [0.29, 0.717) is 0 Å². The highest BCUT2D eigenvalue weighted by atomic mass is 28.3. The third-order valence-corrected chi connectivity index (χ3v) is 19.3. The van der Waals surface area contributed by atoms with Gasteiger partial charge in [-0.2, -0.15) is 0 Å². The largest absolute Gasteiger partial charge is 0.310 e. The monoisotopic (exact) mass is 926 g/mol. The number of aromatic nitrogens is 1. The Morgan fingerprint density at radius 1 is 0.338 bits per heavy atom. The first-order valence-corrected chi connectivity index (χ1v) is 26.8. The number of para-hydroxylation sites is 2. The van der Waals surface area contributed by atoms with Gasteiger partial charge < -0.3 is 9.47 Å². The Bertz CT molecular complexity index is 3720. The first-order valence-electron chi connectivity index (χ1n) is 24.8. The molecule has 1 aromatic heterocycles. The number of fused-ring (bicyclic) bond motifs is 4. The Morgan fingerprint density at radius 2 is 0.831 bits per heavy atom. The quantitative estimate of drug-likeness (QED) is 0.0980. The fourth-order valence-corrected chi connectivity index (χ4v) is 16.0. The summed E-state index contributed by atoms with van der Waals surface area (Å²) >= 11 is 0. The summed E-state index contributed by atoms with van der Waals surface area (Å²) in [6.45, 7) is 6.90. The zero-order valence-electron chi connectivity index (χ0n) is 40.4. The van der Waals surface area contributed by atoms with Crippen molar-refractivity contribution in [2.45, 2.75) is 26.2 Å². The van der Waals surface area contributed by atoms with Gasteiger partial charge in [-0.1, -0.05) is 233 Å². The number of nitrogens with zero attached hydrogens (tertiary/aromatic N) is 2. The van der Waals surface area contributed by atoms with Crippen LogP contribution in [0.1, 0.15) is 26.3 Å². The molecule has 12 aromatic rings. The van der Waals surface area contributed by atoms with Crippen molar-refractivity contribution in [3.05, 3.63) is 279 Å². The molecule has 2 nitrogen and oxygen atoms in total. The molecule has 11 aromatic carbocycles. The van der Waals surface area contributed by atoms with E-state index in [4.69, 9.17) is 0 Å². The Kier molecular flexibility index (Phi) is 11.2. The van der Waals surface area contributed by atoms with Gasteiger partial charge in [0, 0.05) is 33.5 Å². The number of hydrogen-bond acceptors (Lipinski definition) is 1. The van der Waals surface area contributed by atoms with E-state index < -0.39 is 8.07 Å². The highest BCUT2D eigenvalue weighted by Crippen LogP contribution is 2.43. The van der Waals surface area contributed by atoms with Gasteiger partial charge in [0.2, 0.25) is 0 Å². The second-order valence-corrected chi connectivity index (χ2v) is 23.5. The Morgan fingerprint density at radius 3 is 1.44 bits per heavy atom. The van der Waals surface area contributed by atoms with Crippen LogP contribution in [0.5, 0.6) is 0 Å². The lowest BCUT2D eigenvalue weighted by molar-refractivity contribution is 0.596. The smallest absolute Gasteiger partial charge is 0.179 e. The molecule has 71 heavy (non-hydrogen) atoms. The molecule has 0 N–H and O–H groups in total. The summed E-state index contributed by atoms with van der Waals surface area (Å²) in [5.41, 5.74) is 13.0. The fourth-order valence-electron chi connectivity index (χ4n) is 11.3. The topological polar surface area (TPSA) is 8.17 Å². The second-order valence-electron chi connectivity index (χ2n) is 19.7. The van der Waals surface area contributed by atoms with Crippen molar-refractivity contribution in [2.24, 2.45) is 0 Å². The van der Waals surface area contributed by atoms with Crippen LogP contribution in [0.15, 0.2) is 273 Å². The van der Waals surface area contributed by atoms with E-state index in [1.54, 1.807) is 0 Å². The third kappa shape index (κ3) is 7.67. The molecule has 0 atom stereocenters. The van der Waals surface area contributed by atoms with Crippen molar-refractivity contribution in [3.63, 3.8) is 0 Å². The van der Waals surface area contributed by atoms with Crippen molar-refractivity contribution in [1.29, 1.82) is 0 Å². The second kappa shape index (κ2) is 18.1. The summed E-state index contributed by atoms with van der Waals surface area (Å²) in [6.07, 6.45) is 0. The van der Waals surface area contributed by atoms with E-state index >= 15 is 0 Å². The number of anilines is 3. The summed E-state index contributed by atoms with van der Waals surface area (Å²) in [5.74, 6) is 0. The maximum atomic E-state index is 2.43. The van der Waals surface area contributed by atoms with Gasteiger partial charge in [-0.15, -0.1) is 0 Å². The van der Waals surface area contributed by atoms with Gasteiger partial charge in [0.1, 0.15) is 0 Å². The average Bonchev–Trinajstić information content (AvgIpc) is 3.77. The highest BCUT2D eigenvalue weighted by molar-refractivity contribution is 7.19. The summed E-state index contributed by atoms with van der Waals surface area (Å²) in [7, 11) is -2.74. The van der Waals surface area contributed by atoms with E-state index in [9.17, 15) is 0 Å². The Balaban J connectivity index is 1.03. The lowest BCUT2D eigenvalue weighted by Gasteiger charge is -2.35. The SMILES string of the molecule is CC(C)(C)c1ccc(-c2ccc(N(c3ccc([Si](c4ccccc4)(c4ccccc4)c4ccccc4)cc3)c3cccc(-c4cccc5c4c4ccccc4n5-c4ccccc4)c3)cc2)c2ccccc12. The van der Waals surface area contributed by atoms with Crippen LogP contribution in [0.3, 0.4) is 0 Å². The fraction of sp³-hybridized carbons (Fsp3) is 0.0588. The predicted octanol–water partition coefficient (Wildman–Crippen LogP) is 15.4. The van der Waals surface area contributed by atoms with Gasteiger partial charge in [-0.05, 0) is 125 Å². The number of benzene rings is 11. The van der Waals surface area contributed by atoms with Crippen LogP contribution in [-0.4, -0.2) is 12.6 Å². The minimum Gasteiger partial charge on any atom is -0.310 e. The first kappa shape index (κ1) is 43.8. The van der Waals surface area contributed by atoms with Crippen LogP contribution in [0.2, 0.25) is 0 Å². The molecule has 0 radical (unpaired) electrons. The van der Waals surface area contributed by atoms with Gasteiger partial charge in [0.05, 0.1) is 11.0 Å². The maximum Gasteiger partial charge on any atom is 0.179 e. The van der Waals surface area contributed by atoms with E-state index in [1.165, 1.54) is 75.6 Å². The van der Waals surface area contributed by atoms with Crippen LogP contribution in [0.25, 0.3) is 60.5 Å². The molecule has 0 aliphatic rings.